The van der Waals surface area contributed by atoms with Crippen LogP contribution >= 0.6 is 11.3 Å². The van der Waals surface area contributed by atoms with E-state index in [1.54, 1.807) is 6.08 Å². The molecule has 2 aromatic rings. The summed E-state index contributed by atoms with van der Waals surface area (Å²) in [6, 6.07) is 2.99. The van der Waals surface area contributed by atoms with Crippen molar-refractivity contribution in [1.29, 1.82) is 0 Å². The number of thiazole rings is 1. The van der Waals surface area contributed by atoms with E-state index >= 15 is 0 Å². The maximum absolute atomic E-state index is 14.3. The summed E-state index contributed by atoms with van der Waals surface area (Å²) in [6.07, 6.45) is 3.04. The molecule has 4 rings (SSSR count). The predicted molar refractivity (Wildman–Crippen MR) is 96.9 cm³/mol. The lowest BCUT2D eigenvalue weighted by Gasteiger charge is -2.24. The first-order valence-electron chi connectivity index (χ1n) is 8.17. The summed E-state index contributed by atoms with van der Waals surface area (Å²) < 4.78 is 28.5. The third kappa shape index (κ3) is 2.68. The van der Waals surface area contributed by atoms with Crippen LogP contribution in [0.2, 0.25) is 0 Å². The zero-order valence-electron chi connectivity index (χ0n) is 14.1. The number of rotatable bonds is 3. The molecule has 0 saturated carbocycles. The van der Waals surface area contributed by atoms with Gasteiger partial charge in [-0.3, -0.25) is 4.79 Å². The molecular formula is C19H15F2N3OS. The molecule has 2 aliphatic heterocycles. The Morgan fingerprint density at radius 3 is 2.62 bits per heavy atom. The van der Waals surface area contributed by atoms with Gasteiger partial charge in [0.15, 0.2) is 0 Å². The third-order valence-electron chi connectivity index (χ3n) is 4.36. The second-order valence-corrected chi connectivity index (χ2v) is 7.28. The molecule has 0 bridgehead atoms. The Morgan fingerprint density at radius 1 is 1.23 bits per heavy atom. The van der Waals surface area contributed by atoms with Crippen molar-refractivity contribution in [1.82, 2.24) is 10.3 Å². The van der Waals surface area contributed by atoms with Gasteiger partial charge in [0.05, 0.1) is 29.2 Å². The summed E-state index contributed by atoms with van der Waals surface area (Å²) in [5.74, 6) is -1.44. The van der Waals surface area contributed by atoms with Crippen LogP contribution in [0.3, 0.4) is 0 Å². The number of nitrogens with one attached hydrogen (secondary N) is 1. The highest BCUT2D eigenvalue weighted by Gasteiger charge is 2.33. The Kier molecular flexibility index (Phi) is 4.03. The van der Waals surface area contributed by atoms with Gasteiger partial charge in [-0.05, 0) is 24.1 Å². The molecule has 1 aromatic carbocycles. The molecule has 0 radical (unpaired) electrons. The number of hydrogen-bond donors (Lipinski definition) is 1. The zero-order chi connectivity index (χ0) is 18.4. The lowest BCUT2D eigenvalue weighted by Crippen LogP contribution is -2.27. The molecule has 1 N–H and O–H groups in total. The van der Waals surface area contributed by atoms with Crippen molar-refractivity contribution in [3.05, 3.63) is 68.8 Å². The molecule has 4 nitrogen and oxygen atoms in total. The van der Waals surface area contributed by atoms with Gasteiger partial charge in [0, 0.05) is 16.5 Å². The minimum atomic E-state index is -0.756. The van der Waals surface area contributed by atoms with Gasteiger partial charge in [0.1, 0.15) is 16.6 Å². The van der Waals surface area contributed by atoms with E-state index in [9.17, 15) is 13.6 Å². The van der Waals surface area contributed by atoms with Crippen LogP contribution in [0.25, 0.3) is 5.57 Å². The van der Waals surface area contributed by atoms with Gasteiger partial charge in [-0.25, -0.2) is 18.8 Å². The number of benzene rings is 1. The molecule has 2 aliphatic rings. The van der Waals surface area contributed by atoms with E-state index in [1.807, 2.05) is 19.2 Å². The van der Waals surface area contributed by atoms with Gasteiger partial charge >= 0.3 is 0 Å². The topological polar surface area (TPSA) is 54.4 Å². The van der Waals surface area contributed by atoms with Gasteiger partial charge in [0.25, 0.3) is 5.91 Å². The summed E-state index contributed by atoms with van der Waals surface area (Å²) in [5, 5.41) is 5.58. The number of allylic oxidation sites excluding steroid dienone is 1. The Bertz CT molecular complexity index is 984. The molecule has 1 aromatic heterocycles. The van der Waals surface area contributed by atoms with Crippen molar-refractivity contribution in [3.8, 4) is 0 Å². The van der Waals surface area contributed by atoms with Crippen LogP contribution in [-0.4, -0.2) is 17.1 Å². The fourth-order valence-electron chi connectivity index (χ4n) is 3.01. The standard InChI is InChI=1S/C19H15F2N3OS/c1-9(2)15-8-26-19(24-15)10-6-13(17-11(20)4-3-5-12(17)21)23-14-7-22-18(25)16(10)14/h3-9,13,23H,1-2H3. The van der Waals surface area contributed by atoms with Gasteiger partial charge < -0.3 is 5.32 Å². The average Bonchev–Trinajstić information content (AvgIpc) is 3.22. The molecular weight excluding hydrogens is 356 g/mol. The highest BCUT2D eigenvalue weighted by molar-refractivity contribution is 7.11. The van der Waals surface area contributed by atoms with Crippen LogP contribution in [0.5, 0.6) is 0 Å². The monoisotopic (exact) mass is 371 g/mol. The Balaban J connectivity index is 1.85. The number of nitrogens with zero attached hydrogens (tertiary/aromatic N) is 2. The number of hydrogen-bond acceptors (Lipinski definition) is 4. The van der Waals surface area contributed by atoms with E-state index in [-0.39, 0.29) is 17.4 Å². The van der Waals surface area contributed by atoms with Crippen molar-refractivity contribution in [3.63, 3.8) is 0 Å². The number of amides is 1. The van der Waals surface area contributed by atoms with Gasteiger partial charge in [0.2, 0.25) is 0 Å². The van der Waals surface area contributed by atoms with E-state index in [0.717, 1.165) is 5.69 Å². The van der Waals surface area contributed by atoms with Gasteiger partial charge in [-0.1, -0.05) is 19.9 Å². The largest absolute Gasteiger partial charge is 0.373 e. The predicted octanol–water partition coefficient (Wildman–Crippen LogP) is 4.14. The number of carbonyl (C=O) groups excluding carboxylic acids is 1. The first-order chi connectivity index (χ1) is 12.5. The summed E-state index contributed by atoms with van der Waals surface area (Å²) in [4.78, 5) is 20.6. The van der Waals surface area contributed by atoms with E-state index in [1.165, 1.54) is 35.8 Å². The smallest absolute Gasteiger partial charge is 0.279 e. The minimum absolute atomic E-state index is 0.0926. The first kappa shape index (κ1) is 16.8. The van der Waals surface area contributed by atoms with E-state index in [0.29, 0.717) is 21.9 Å². The van der Waals surface area contributed by atoms with E-state index < -0.39 is 17.7 Å². The summed E-state index contributed by atoms with van der Waals surface area (Å²) in [7, 11) is 0. The minimum Gasteiger partial charge on any atom is -0.373 e. The van der Waals surface area contributed by atoms with E-state index in [4.69, 9.17) is 0 Å². The second kappa shape index (κ2) is 6.25. The molecule has 132 valence electrons. The van der Waals surface area contributed by atoms with Crippen molar-refractivity contribution in [2.24, 2.45) is 4.99 Å². The van der Waals surface area contributed by atoms with Crippen LogP contribution in [0.15, 0.2) is 45.9 Å². The number of dihydropyridines is 1. The number of aliphatic imine (C=N–C) groups is 1. The van der Waals surface area contributed by atoms with Crippen molar-refractivity contribution < 1.29 is 13.6 Å². The van der Waals surface area contributed by atoms with Crippen LogP contribution in [0, 0.1) is 11.6 Å². The molecule has 7 heteroatoms. The lowest BCUT2D eigenvalue weighted by atomic mass is 9.94. The normalized spacial score (nSPS) is 19.0. The van der Waals surface area contributed by atoms with Crippen molar-refractivity contribution >= 4 is 29.0 Å². The molecule has 1 amide bonds. The number of halogens is 2. The molecule has 0 spiro atoms. The molecule has 0 fully saturated rings. The Labute approximate surface area is 153 Å². The third-order valence-corrected chi connectivity index (χ3v) is 5.26. The summed E-state index contributed by atoms with van der Waals surface area (Å²) in [5.41, 5.74) is 2.23. The number of carbonyl (C=O) groups is 1. The Morgan fingerprint density at radius 2 is 1.96 bits per heavy atom. The van der Waals surface area contributed by atoms with Crippen molar-refractivity contribution in [2.75, 3.05) is 0 Å². The van der Waals surface area contributed by atoms with Gasteiger partial charge in [-0.2, -0.15) is 0 Å². The molecule has 1 unspecified atom stereocenters. The zero-order valence-corrected chi connectivity index (χ0v) is 14.9. The molecule has 3 heterocycles. The SMILES string of the molecule is CC(C)c1csc(C2=CC(c3c(F)cccc3F)NC3=C2C(=O)N=C3)n1. The fraction of sp³-hybridized carbons (Fsp3) is 0.211. The molecule has 0 aliphatic carbocycles. The van der Waals surface area contributed by atoms with Crippen LogP contribution < -0.4 is 5.32 Å². The van der Waals surface area contributed by atoms with Crippen LogP contribution in [0.4, 0.5) is 8.78 Å². The summed E-state index contributed by atoms with van der Waals surface area (Å²) >= 11 is 1.40. The van der Waals surface area contributed by atoms with Crippen molar-refractivity contribution in [2.45, 2.75) is 25.8 Å². The molecule has 1 atom stereocenters. The maximum atomic E-state index is 14.3. The highest BCUT2D eigenvalue weighted by atomic mass is 32.1. The second-order valence-electron chi connectivity index (χ2n) is 6.42. The lowest BCUT2D eigenvalue weighted by molar-refractivity contribution is -0.113. The number of aromatic nitrogens is 1. The molecule has 0 saturated heterocycles. The van der Waals surface area contributed by atoms with Crippen LogP contribution in [0.1, 0.15) is 42.1 Å². The quantitative estimate of drug-likeness (QED) is 0.882. The van der Waals surface area contributed by atoms with Crippen LogP contribution in [-0.2, 0) is 4.79 Å². The fourth-order valence-corrected chi connectivity index (χ4v) is 4.03. The average molecular weight is 371 g/mol. The maximum Gasteiger partial charge on any atom is 0.279 e. The van der Waals surface area contributed by atoms with E-state index in [2.05, 4.69) is 15.3 Å². The highest BCUT2D eigenvalue weighted by Crippen LogP contribution is 2.38. The summed E-state index contributed by atoms with van der Waals surface area (Å²) in [6.45, 7) is 4.06. The molecule has 26 heavy (non-hydrogen) atoms. The van der Waals surface area contributed by atoms with Gasteiger partial charge in [-0.15, -0.1) is 11.3 Å². The Hall–Kier alpha value is -2.67. The first-order valence-corrected chi connectivity index (χ1v) is 9.04.